The number of hydrogen-bond acceptors (Lipinski definition) is 6. The highest BCUT2D eigenvalue weighted by Crippen LogP contribution is 2.23. The smallest absolute Gasteiger partial charge is 0.273 e. The van der Waals surface area contributed by atoms with E-state index in [-0.39, 0.29) is 17.4 Å². The standard InChI is InChI=1S/C31H27FN4O3/c32-26-13-11-23(12-14-26)19-36(20-24-6-4-10-28(16-24)39-27-8-2-1-3-9-27)21-30-35-29(22-38-30)31(37)34-18-25-7-5-15-33-17-25/h1-17,22H,18-21H2,(H,34,37). The van der Waals surface area contributed by atoms with Gasteiger partial charge in [-0.1, -0.05) is 48.5 Å². The lowest BCUT2D eigenvalue weighted by Gasteiger charge is -2.21. The summed E-state index contributed by atoms with van der Waals surface area (Å²) in [6, 6.07) is 27.5. The number of pyridine rings is 1. The Balaban J connectivity index is 1.28. The molecule has 5 aromatic rings. The van der Waals surface area contributed by atoms with Gasteiger partial charge in [0.05, 0.1) is 6.54 Å². The van der Waals surface area contributed by atoms with Crippen LogP contribution in [-0.4, -0.2) is 20.8 Å². The van der Waals surface area contributed by atoms with Crippen molar-refractivity contribution in [2.45, 2.75) is 26.2 Å². The van der Waals surface area contributed by atoms with Gasteiger partial charge in [0.1, 0.15) is 23.6 Å². The molecule has 0 unspecified atom stereocenters. The predicted molar refractivity (Wildman–Crippen MR) is 144 cm³/mol. The molecule has 0 saturated heterocycles. The van der Waals surface area contributed by atoms with Gasteiger partial charge in [-0.15, -0.1) is 0 Å². The fourth-order valence-corrected chi connectivity index (χ4v) is 4.06. The zero-order valence-corrected chi connectivity index (χ0v) is 21.2. The number of para-hydroxylation sites is 1. The van der Waals surface area contributed by atoms with E-state index in [1.807, 2.05) is 66.7 Å². The summed E-state index contributed by atoms with van der Waals surface area (Å²) in [7, 11) is 0. The van der Waals surface area contributed by atoms with Gasteiger partial charge in [-0.25, -0.2) is 9.37 Å². The average molecular weight is 523 g/mol. The second-order valence-corrected chi connectivity index (χ2v) is 9.00. The van der Waals surface area contributed by atoms with E-state index in [1.165, 1.54) is 18.4 Å². The Labute approximate surface area is 225 Å². The molecule has 5 rings (SSSR count). The van der Waals surface area contributed by atoms with E-state index in [2.05, 4.69) is 20.2 Å². The van der Waals surface area contributed by atoms with E-state index in [0.29, 0.717) is 32.1 Å². The van der Waals surface area contributed by atoms with Crippen LogP contribution in [0.3, 0.4) is 0 Å². The van der Waals surface area contributed by atoms with E-state index in [9.17, 15) is 9.18 Å². The van der Waals surface area contributed by atoms with Gasteiger partial charge in [0.15, 0.2) is 5.69 Å². The van der Waals surface area contributed by atoms with Crippen LogP contribution in [0.5, 0.6) is 11.5 Å². The van der Waals surface area contributed by atoms with E-state index in [4.69, 9.17) is 9.15 Å². The molecule has 2 aromatic heterocycles. The maximum atomic E-state index is 13.5. The number of carbonyl (C=O) groups excluding carboxylic acids is 1. The summed E-state index contributed by atoms with van der Waals surface area (Å²) in [6.07, 6.45) is 4.74. The summed E-state index contributed by atoms with van der Waals surface area (Å²) in [4.78, 5) is 23.2. The number of ether oxygens (including phenoxy) is 1. The number of aromatic nitrogens is 2. The molecule has 0 spiro atoms. The maximum Gasteiger partial charge on any atom is 0.273 e. The Morgan fingerprint density at radius 3 is 2.41 bits per heavy atom. The first kappa shape index (κ1) is 25.8. The maximum absolute atomic E-state index is 13.5. The second-order valence-electron chi connectivity index (χ2n) is 9.00. The van der Waals surface area contributed by atoms with Gasteiger partial charge in [0.25, 0.3) is 5.91 Å². The highest BCUT2D eigenvalue weighted by molar-refractivity contribution is 5.91. The van der Waals surface area contributed by atoms with Crippen LogP contribution < -0.4 is 10.1 Å². The average Bonchev–Trinajstić information content (AvgIpc) is 3.43. The van der Waals surface area contributed by atoms with E-state index in [1.54, 1.807) is 24.5 Å². The van der Waals surface area contributed by atoms with E-state index < -0.39 is 0 Å². The van der Waals surface area contributed by atoms with Crippen LogP contribution in [-0.2, 0) is 26.2 Å². The van der Waals surface area contributed by atoms with Crippen molar-refractivity contribution in [1.82, 2.24) is 20.2 Å². The lowest BCUT2D eigenvalue weighted by Crippen LogP contribution is -2.24. The Morgan fingerprint density at radius 1 is 0.846 bits per heavy atom. The third-order valence-corrected chi connectivity index (χ3v) is 5.92. The normalized spacial score (nSPS) is 10.9. The number of oxazole rings is 1. The molecule has 0 atom stereocenters. The molecule has 8 heteroatoms. The lowest BCUT2D eigenvalue weighted by molar-refractivity contribution is 0.0945. The number of rotatable bonds is 11. The van der Waals surface area contributed by atoms with Crippen molar-refractivity contribution in [2.75, 3.05) is 0 Å². The first-order chi connectivity index (χ1) is 19.1. The molecule has 3 aromatic carbocycles. The van der Waals surface area contributed by atoms with Crippen LogP contribution in [0.2, 0.25) is 0 Å². The monoisotopic (exact) mass is 522 g/mol. The van der Waals surface area contributed by atoms with Crippen molar-refractivity contribution >= 4 is 5.91 Å². The van der Waals surface area contributed by atoms with Crippen molar-refractivity contribution < 1.29 is 18.3 Å². The molecule has 0 saturated carbocycles. The van der Waals surface area contributed by atoms with Gasteiger partial charge >= 0.3 is 0 Å². The quantitative estimate of drug-likeness (QED) is 0.225. The molecule has 39 heavy (non-hydrogen) atoms. The zero-order valence-electron chi connectivity index (χ0n) is 21.2. The number of halogens is 1. The van der Waals surface area contributed by atoms with Crippen LogP contribution in [0.25, 0.3) is 0 Å². The topological polar surface area (TPSA) is 80.5 Å². The third-order valence-electron chi connectivity index (χ3n) is 5.92. The van der Waals surface area contributed by atoms with Crippen LogP contribution in [0.1, 0.15) is 33.1 Å². The highest BCUT2D eigenvalue weighted by atomic mass is 19.1. The molecule has 0 radical (unpaired) electrons. The third kappa shape index (κ3) is 7.59. The fourth-order valence-electron chi connectivity index (χ4n) is 4.06. The lowest BCUT2D eigenvalue weighted by atomic mass is 10.1. The van der Waals surface area contributed by atoms with E-state index >= 15 is 0 Å². The minimum absolute atomic E-state index is 0.203. The minimum Gasteiger partial charge on any atom is -0.457 e. The molecule has 0 bridgehead atoms. The van der Waals surface area contributed by atoms with Crippen molar-refractivity contribution in [3.8, 4) is 11.5 Å². The summed E-state index contributed by atoms with van der Waals surface area (Å²) in [5.74, 6) is 1.27. The summed E-state index contributed by atoms with van der Waals surface area (Å²) in [6.45, 7) is 1.76. The highest BCUT2D eigenvalue weighted by Gasteiger charge is 2.16. The van der Waals surface area contributed by atoms with Crippen LogP contribution >= 0.6 is 0 Å². The van der Waals surface area contributed by atoms with Crippen LogP contribution in [0, 0.1) is 5.82 Å². The Morgan fingerprint density at radius 2 is 1.62 bits per heavy atom. The summed E-state index contributed by atoms with van der Waals surface area (Å²) in [5, 5.41) is 2.83. The largest absolute Gasteiger partial charge is 0.457 e. The molecule has 0 aliphatic rings. The van der Waals surface area contributed by atoms with Gasteiger partial charge in [-0.2, -0.15) is 0 Å². The molecule has 1 amide bonds. The second kappa shape index (κ2) is 12.6. The molecule has 0 aliphatic heterocycles. The zero-order chi connectivity index (χ0) is 26.9. The number of nitrogens with one attached hydrogen (secondary N) is 1. The Bertz CT molecular complexity index is 1490. The Kier molecular flexibility index (Phi) is 8.35. The van der Waals surface area contributed by atoms with Gasteiger partial charge < -0.3 is 14.5 Å². The van der Waals surface area contributed by atoms with Crippen molar-refractivity contribution in [1.29, 1.82) is 0 Å². The summed E-state index contributed by atoms with van der Waals surface area (Å²) in [5.41, 5.74) is 3.05. The molecule has 0 fully saturated rings. The SMILES string of the molecule is O=C(NCc1cccnc1)c1coc(CN(Cc2ccc(F)cc2)Cc2cccc(Oc3ccccc3)c2)n1. The first-order valence-electron chi connectivity index (χ1n) is 12.5. The number of carbonyl (C=O) groups is 1. The number of nitrogens with zero attached hydrogens (tertiary/aromatic N) is 3. The number of benzene rings is 3. The predicted octanol–water partition coefficient (Wildman–Crippen LogP) is 6.13. The molecule has 2 heterocycles. The molecule has 0 aliphatic carbocycles. The molecular formula is C31H27FN4O3. The van der Waals surface area contributed by atoms with Crippen LogP contribution in [0.15, 0.2) is 114 Å². The fraction of sp³-hybridized carbons (Fsp3) is 0.129. The molecular weight excluding hydrogens is 495 g/mol. The van der Waals surface area contributed by atoms with E-state index in [0.717, 1.165) is 28.2 Å². The van der Waals surface area contributed by atoms with Crippen molar-refractivity contribution in [3.05, 3.63) is 144 Å². The van der Waals surface area contributed by atoms with Gasteiger partial charge in [-0.05, 0) is 59.2 Å². The van der Waals surface area contributed by atoms with Gasteiger partial charge in [0, 0.05) is 32.0 Å². The first-order valence-corrected chi connectivity index (χ1v) is 12.5. The van der Waals surface area contributed by atoms with Crippen molar-refractivity contribution in [3.63, 3.8) is 0 Å². The number of hydrogen-bond donors (Lipinski definition) is 1. The summed E-state index contributed by atoms with van der Waals surface area (Å²) < 4.78 is 25.1. The van der Waals surface area contributed by atoms with Crippen LogP contribution in [0.4, 0.5) is 4.39 Å². The summed E-state index contributed by atoms with van der Waals surface area (Å²) >= 11 is 0. The minimum atomic E-state index is -0.329. The molecule has 7 nitrogen and oxygen atoms in total. The molecule has 196 valence electrons. The number of amides is 1. The van der Waals surface area contributed by atoms with Gasteiger partial charge in [0.2, 0.25) is 5.89 Å². The Hall–Kier alpha value is -4.82. The van der Waals surface area contributed by atoms with Gasteiger partial charge in [-0.3, -0.25) is 14.7 Å². The van der Waals surface area contributed by atoms with Crippen molar-refractivity contribution in [2.24, 2.45) is 0 Å². The molecule has 1 N–H and O–H groups in total.